The van der Waals surface area contributed by atoms with Crippen molar-refractivity contribution in [3.05, 3.63) is 88.9 Å². The minimum absolute atomic E-state index is 0.0368. The highest BCUT2D eigenvalue weighted by Gasteiger charge is 2.42. The molecule has 2 aromatic carbocycles. The fourth-order valence-electron chi connectivity index (χ4n) is 5.37. The van der Waals surface area contributed by atoms with Crippen molar-refractivity contribution in [3.8, 4) is 17.3 Å². The Kier molecular flexibility index (Phi) is 6.53. The maximum atomic E-state index is 14.0. The van der Waals surface area contributed by atoms with Crippen molar-refractivity contribution < 1.29 is 26.7 Å². The predicted octanol–water partition coefficient (Wildman–Crippen LogP) is 5.43. The van der Waals surface area contributed by atoms with E-state index in [9.17, 15) is 22.0 Å². The molecule has 1 aliphatic rings. The summed E-state index contributed by atoms with van der Waals surface area (Å²) in [5, 5.41) is 5.03. The molecular weight excluding hydrogens is 578 g/mol. The zero-order valence-electron chi connectivity index (χ0n) is 23.8. The van der Waals surface area contributed by atoms with E-state index in [0.29, 0.717) is 29.0 Å². The second-order valence-electron chi connectivity index (χ2n) is 11.5. The molecule has 0 unspecified atom stereocenters. The highest BCUT2D eigenvalue weighted by molar-refractivity contribution is 7.93. The quantitative estimate of drug-likeness (QED) is 0.246. The number of nitrogens with zero attached hydrogens (tertiary/aromatic N) is 4. The van der Waals surface area contributed by atoms with E-state index >= 15 is 0 Å². The Balaban J connectivity index is 1.29. The number of para-hydroxylation sites is 1. The Hall–Kier alpha value is -4.78. The fourth-order valence-corrected chi connectivity index (χ4v) is 7.65. The van der Waals surface area contributed by atoms with Gasteiger partial charge >= 0.3 is 0 Å². The average Bonchev–Trinajstić information content (AvgIpc) is 3.57. The Morgan fingerprint density at radius 1 is 1.05 bits per heavy atom. The van der Waals surface area contributed by atoms with E-state index in [4.69, 9.17) is 10.5 Å². The van der Waals surface area contributed by atoms with Crippen LogP contribution in [0.15, 0.2) is 54.9 Å². The van der Waals surface area contributed by atoms with Crippen LogP contribution in [0, 0.1) is 30.9 Å². The number of aromatic nitrogens is 4. The largest absolute Gasteiger partial charge is 0.433 e. The van der Waals surface area contributed by atoms with Gasteiger partial charge in [0.1, 0.15) is 5.82 Å². The molecule has 3 N–H and O–H groups in total. The number of aromatic amines is 1. The molecule has 43 heavy (non-hydrogen) atoms. The average molecular weight is 607 g/mol. The molecule has 0 bridgehead atoms. The number of nitrogens with one attached hydrogen (secondary N) is 1. The summed E-state index contributed by atoms with van der Waals surface area (Å²) in [6.45, 7) is 7.75. The second-order valence-corrected chi connectivity index (χ2v) is 13.4. The molecule has 0 radical (unpaired) electrons. The number of ketones is 1. The summed E-state index contributed by atoms with van der Waals surface area (Å²) in [6.07, 6.45) is 2.72. The third-order valence-corrected chi connectivity index (χ3v) is 9.54. The number of hydrogen-bond acceptors (Lipinski definition) is 7. The van der Waals surface area contributed by atoms with E-state index in [0.717, 1.165) is 23.1 Å². The maximum absolute atomic E-state index is 14.0. The van der Waals surface area contributed by atoms with Gasteiger partial charge in [-0.05, 0) is 60.7 Å². The molecule has 0 aliphatic carbocycles. The van der Waals surface area contributed by atoms with Gasteiger partial charge < -0.3 is 15.5 Å². The van der Waals surface area contributed by atoms with Crippen LogP contribution in [0.2, 0.25) is 0 Å². The van der Waals surface area contributed by atoms with Gasteiger partial charge in [0.25, 0.3) is 0 Å². The number of nitrogen functional groups attached to an aromatic ring is 1. The minimum Gasteiger partial charge on any atom is -0.433 e. The van der Waals surface area contributed by atoms with Gasteiger partial charge in [-0.2, -0.15) is 5.10 Å². The molecule has 0 amide bonds. The number of ether oxygens (including phenoxy) is 1. The highest BCUT2D eigenvalue weighted by Crippen LogP contribution is 2.38. The Labute approximate surface area is 246 Å². The monoisotopic (exact) mass is 606 g/mol. The number of rotatable bonds is 6. The van der Waals surface area contributed by atoms with Gasteiger partial charge in [-0.1, -0.05) is 19.9 Å². The number of carbonyl (C=O) groups excluding carboxylic acids is 1. The van der Waals surface area contributed by atoms with Crippen LogP contribution in [-0.4, -0.2) is 46.2 Å². The predicted molar refractivity (Wildman–Crippen MR) is 158 cm³/mol. The van der Waals surface area contributed by atoms with Crippen molar-refractivity contribution in [1.29, 1.82) is 0 Å². The van der Waals surface area contributed by atoms with E-state index in [1.54, 1.807) is 19.1 Å². The van der Waals surface area contributed by atoms with Crippen LogP contribution < -0.4 is 14.8 Å². The SMILES string of the molecule is Cc1cc2cc(C(=O)c3cnn(-c4cnc(Oc5c(F)cccc5F)cc4C)c3N)[nH]c2cc1N1CC(C)(C)CS1(=O)=O. The fraction of sp³-hybridized carbons (Fsp3) is 0.233. The molecular formula is C30H28F2N6O4S. The number of nitrogens with two attached hydrogens (primary N) is 1. The van der Waals surface area contributed by atoms with Gasteiger partial charge in [0.2, 0.25) is 27.4 Å². The number of pyridine rings is 1. The first-order valence-electron chi connectivity index (χ1n) is 13.3. The summed E-state index contributed by atoms with van der Waals surface area (Å²) >= 11 is 0. The van der Waals surface area contributed by atoms with Crippen LogP contribution in [0.4, 0.5) is 20.3 Å². The Morgan fingerprint density at radius 2 is 1.74 bits per heavy atom. The topological polar surface area (TPSA) is 136 Å². The Morgan fingerprint density at radius 3 is 2.40 bits per heavy atom. The second kappa shape index (κ2) is 9.90. The summed E-state index contributed by atoms with van der Waals surface area (Å²) in [7, 11) is -3.47. The van der Waals surface area contributed by atoms with E-state index in [1.807, 2.05) is 26.8 Å². The number of benzene rings is 2. The molecule has 3 aromatic heterocycles. The number of anilines is 2. The third-order valence-electron chi connectivity index (χ3n) is 7.39. The number of fused-ring (bicyclic) bond motifs is 1. The van der Waals surface area contributed by atoms with Crippen molar-refractivity contribution in [2.45, 2.75) is 27.7 Å². The van der Waals surface area contributed by atoms with Crippen LogP contribution in [0.5, 0.6) is 11.6 Å². The number of hydrogen-bond donors (Lipinski definition) is 2. The first kappa shape index (κ1) is 28.3. The van der Waals surface area contributed by atoms with Crippen molar-refractivity contribution in [2.75, 3.05) is 22.3 Å². The number of carbonyl (C=O) groups is 1. The molecule has 1 fully saturated rings. The number of aryl methyl sites for hydroxylation is 2. The smallest absolute Gasteiger partial charge is 0.235 e. The van der Waals surface area contributed by atoms with Crippen LogP contribution in [0.1, 0.15) is 41.0 Å². The molecule has 1 saturated heterocycles. The van der Waals surface area contributed by atoms with Crippen molar-refractivity contribution in [3.63, 3.8) is 0 Å². The first-order valence-corrected chi connectivity index (χ1v) is 15.0. The molecule has 4 heterocycles. The molecule has 6 rings (SSSR count). The zero-order valence-corrected chi connectivity index (χ0v) is 24.6. The molecule has 0 saturated carbocycles. The lowest BCUT2D eigenvalue weighted by atomic mass is 9.96. The Bertz CT molecular complexity index is 2030. The summed E-state index contributed by atoms with van der Waals surface area (Å²) in [6, 6.07) is 10.1. The molecule has 0 atom stereocenters. The molecule has 1 aliphatic heterocycles. The minimum atomic E-state index is -3.47. The lowest BCUT2D eigenvalue weighted by molar-refractivity contribution is 0.103. The molecule has 222 valence electrons. The third kappa shape index (κ3) is 4.99. The molecule has 0 spiro atoms. The lowest BCUT2D eigenvalue weighted by Gasteiger charge is -2.21. The summed E-state index contributed by atoms with van der Waals surface area (Å²) in [5.41, 5.74) is 9.33. The van der Waals surface area contributed by atoms with E-state index < -0.39 is 33.2 Å². The van der Waals surface area contributed by atoms with Gasteiger partial charge in [0.15, 0.2) is 11.6 Å². The molecule has 13 heteroatoms. The summed E-state index contributed by atoms with van der Waals surface area (Å²) < 4.78 is 61.9. The van der Waals surface area contributed by atoms with E-state index in [2.05, 4.69) is 15.1 Å². The summed E-state index contributed by atoms with van der Waals surface area (Å²) in [4.78, 5) is 20.8. The number of halogens is 2. The van der Waals surface area contributed by atoms with E-state index in [-0.39, 0.29) is 34.1 Å². The lowest BCUT2D eigenvalue weighted by Crippen LogP contribution is -2.26. The van der Waals surface area contributed by atoms with Crippen LogP contribution in [0.25, 0.3) is 16.6 Å². The van der Waals surface area contributed by atoms with Gasteiger partial charge in [0.05, 0.1) is 40.8 Å². The number of sulfonamides is 1. The van der Waals surface area contributed by atoms with Crippen LogP contribution in [-0.2, 0) is 10.0 Å². The van der Waals surface area contributed by atoms with Gasteiger partial charge in [-0.3, -0.25) is 9.10 Å². The zero-order chi connectivity index (χ0) is 30.8. The van der Waals surface area contributed by atoms with Crippen LogP contribution in [0.3, 0.4) is 0 Å². The normalized spacial score (nSPS) is 15.7. The highest BCUT2D eigenvalue weighted by atomic mass is 32.2. The van der Waals surface area contributed by atoms with Gasteiger partial charge in [0, 0.05) is 23.5 Å². The van der Waals surface area contributed by atoms with Gasteiger partial charge in [-0.25, -0.2) is 26.9 Å². The first-order chi connectivity index (χ1) is 20.2. The maximum Gasteiger partial charge on any atom is 0.235 e. The van der Waals surface area contributed by atoms with E-state index in [1.165, 1.54) is 33.5 Å². The standard InChI is InChI=1S/C30H28F2N6O4S/c1-16-8-18-10-23(36-22(18)11-24(16)37-14-30(3,4)15-43(37,40)41)27(39)19-12-35-38(29(19)33)25-13-34-26(9-17(25)2)42-28-20(31)6-5-7-21(28)32/h5-13,36H,14-15,33H2,1-4H3. The van der Waals surface area contributed by atoms with Crippen molar-refractivity contribution >= 4 is 38.2 Å². The molecule has 10 nitrogen and oxygen atoms in total. The summed E-state index contributed by atoms with van der Waals surface area (Å²) in [5.74, 6) is -2.62. The van der Waals surface area contributed by atoms with Crippen LogP contribution >= 0.6 is 0 Å². The van der Waals surface area contributed by atoms with Crippen molar-refractivity contribution in [2.24, 2.45) is 5.41 Å². The number of H-pyrrole nitrogens is 1. The molecule has 5 aromatic rings. The van der Waals surface area contributed by atoms with Gasteiger partial charge in [-0.15, -0.1) is 0 Å². The van der Waals surface area contributed by atoms with Crippen molar-refractivity contribution in [1.82, 2.24) is 19.7 Å².